The van der Waals surface area contributed by atoms with Gasteiger partial charge in [0.05, 0.1) is 7.11 Å². The molecular formula is C25H27NO6. The molecule has 0 atom stereocenters. The minimum Gasteiger partial charge on any atom is -0.485 e. The van der Waals surface area contributed by atoms with Gasteiger partial charge in [0.2, 0.25) is 0 Å². The minimum atomic E-state index is -0.460. The Hall–Kier alpha value is -3.74. The van der Waals surface area contributed by atoms with Crippen molar-refractivity contribution in [3.8, 4) is 11.5 Å². The van der Waals surface area contributed by atoms with Crippen LogP contribution in [0.2, 0.25) is 0 Å². The fourth-order valence-corrected chi connectivity index (χ4v) is 3.15. The molecule has 1 aromatic heterocycles. The molecule has 0 N–H and O–H groups in total. The summed E-state index contributed by atoms with van der Waals surface area (Å²) < 4.78 is 21.5. The van der Waals surface area contributed by atoms with Crippen molar-refractivity contribution in [2.45, 2.75) is 27.0 Å². The van der Waals surface area contributed by atoms with Crippen molar-refractivity contribution in [2.75, 3.05) is 20.8 Å². The Morgan fingerprint density at radius 3 is 2.56 bits per heavy atom. The lowest BCUT2D eigenvalue weighted by Crippen LogP contribution is -2.25. The summed E-state index contributed by atoms with van der Waals surface area (Å²) in [4.78, 5) is 25.5. The van der Waals surface area contributed by atoms with E-state index in [9.17, 15) is 9.59 Å². The smallest absolute Gasteiger partial charge is 0.343 e. The van der Waals surface area contributed by atoms with E-state index in [1.807, 2.05) is 32.0 Å². The van der Waals surface area contributed by atoms with Gasteiger partial charge >= 0.3 is 5.97 Å². The van der Waals surface area contributed by atoms with Gasteiger partial charge in [0.15, 0.2) is 12.4 Å². The second-order valence-corrected chi connectivity index (χ2v) is 7.50. The summed E-state index contributed by atoms with van der Waals surface area (Å²) in [5, 5.41) is 0. The predicted octanol–water partition coefficient (Wildman–Crippen LogP) is 4.30. The highest BCUT2D eigenvalue weighted by molar-refractivity contribution is 5.91. The van der Waals surface area contributed by atoms with Crippen LogP contribution < -0.4 is 9.47 Å². The number of carbonyl (C=O) groups excluding carboxylic acids is 2. The molecule has 0 fully saturated rings. The molecule has 3 rings (SSSR count). The van der Waals surface area contributed by atoms with Gasteiger partial charge in [0, 0.05) is 13.6 Å². The van der Waals surface area contributed by atoms with Gasteiger partial charge in [-0.1, -0.05) is 29.8 Å². The van der Waals surface area contributed by atoms with Crippen molar-refractivity contribution >= 4 is 11.9 Å². The van der Waals surface area contributed by atoms with E-state index in [1.165, 1.54) is 12.7 Å². The summed E-state index contributed by atoms with van der Waals surface area (Å²) in [6.07, 6.45) is 0. The van der Waals surface area contributed by atoms with E-state index >= 15 is 0 Å². The molecule has 0 aliphatic rings. The van der Waals surface area contributed by atoms with Crippen LogP contribution in [0.25, 0.3) is 0 Å². The van der Waals surface area contributed by atoms with Gasteiger partial charge in [-0.15, -0.1) is 0 Å². The molecule has 168 valence electrons. The number of hydrogen-bond acceptors (Lipinski definition) is 6. The van der Waals surface area contributed by atoms with Crippen LogP contribution in [0.1, 0.15) is 33.0 Å². The Labute approximate surface area is 187 Å². The maximum Gasteiger partial charge on any atom is 0.343 e. The number of ether oxygens (including phenoxy) is 3. The van der Waals surface area contributed by atoms with Crippen LogP contribution in [0.3, 0.4) is 0 Å². The van der Waals surface area contributed by atoms with Gasteiger partial charge < -0.3 is 23.5 Å². The summed E-state index contributed by atoms with van der Waals surface area (Å²) in [5.41, 5.74) is 3.07. The molecule has 7 heteroatoms. The van der Waals surface area contributed by atoms with Crippen LogP contribution in [-0.2, 0) is 22.7 Å². The summed E-state index contributed by atoms with van der Waals surface area (Å²) in [6, 6.07) is 16.6. The maximum absolute atomic E-state index is 12.8. The molecule has 1 amide bonds. The molecular weight excluding hydrogens is 410 g/mol. The van der Waals surface area contributed by atoms with Crippen molar-refractivity contribution in [1.29, 1.82) is 0 Å². The number of methoxy groups -OCH3 is 1. The van der Waals surface area contributed by atoms with Crippen molar-refractivity contribution in [3.05, 3.63) is 82.8 Å². The van der Waals surface area contributed by atoms with E-state index in [-0.39, 0.29) is 24.9 Å². The Bertz CT molecular complexity index is 1090. The monoisotopic (exact) mass is 437 g/mol. The number of amides is 1. The highest BCUT2D eigenvalue weighted by atomic mass is 16.6. The van der Waals surface area contributed by atoms with E-state index in [0.717, 1.165) is 16.9 Å². The van der Waals surface area contributed by atoms with E-state index in [1.54, 1.807) is 42.3 Å². The molecule has 1 heterocycles. The number of furan rings is 1. The molecule has 0 bridgehead atoms. The highest BCUT2D eigenvalue weighted by Gasteiger charge is 2.17. The highest BCUT2D eigenvalue weighted by Crippen LogP contribution is 2.21. The average Bonchev–Trinajstić information content (AvgIpc) is 3.25. The van der Waals surface area contributed by atoms with Crippen molar-refractivity contribution in [2.24, 2.45) is 0 Å². The van der Waals surface area contributed by atoms with E-state index in [2.05, 4.69) is 10.8 Å². The zero-order valence-electron chi connectivity index (χ0n) is 18.7. The molecule has 2 aromatic carbocycles. The zero-order chi connectivity index (χ0) is 23.1. The van der Waals surface area contributed by atoms with Crippen LogP contribution in [0.5, 0.6) is 11.5 Å². The number of hydrogen-bond donors (Lipinski definition) is 0. The normalized spacial score (nSPS) is 10.5. The zero-order valence-corrected chi connectivity index (χ0v) is 18.7. The Morgan fingerprint density at radius 2 is 1.81 bits per heavy atom. The van der Waals surface area contributed by atoms with Crippen LogP contribution in [-0.4, -0.2) is 37.5 Å². The standard InChI is InChI=1S/C25H27NO6/c1-17-8-10-22(18(2)12-17)31-15-21-9-11-23(32-21)25(28)26(3)14-19-6-5-7-20(13-19)30-16-24(27)29-4/h5-13H,14-16H2,1-4H3. The van der Waals surface area contributed by atoms with Gasteiger partial charge in [-0.3, -0.25) is 4.79 Å². The first-order valence-corrected chi connectivity index (χ1v) is 10.2. The topological polar surface area (TPSA) is 78.2 Å². The molecule has 0 saturated heterocycles. The number of esters is 1. The summed E-state index contributed by atoms with van der Waals surface area (Å²) in [6.45, 7) is 4.44. The molecule has 0 aliphatic carbocycles. The number of carbonyl (C=O) groups is 2. The van der Waals surface area contributed by atoms with E-state index in [0.29, 0.717) is 18.1 Å². The third-order valence-corrected chi connectivity index (χ3v) is 4.82. The first-order chi connectivity index (χ1) is 15.4. The first kappa shape index (κ1) is 22.9. The summed E-state index contributed by atoms with van der Waals surface area (Å²) in [7, 11) is 3.00. The van der Waals surface area contributed by atoms with E-state index < -0.39 is 5.97 Å². The first-order valence-electron chi connectivity index (χ1n) is 10.2. The van der Waals surface area contributed by atoms with E-state index in [4.69, 9.17) is 13.9 Å². The third-order valence-electron chi connectivity index (χ3n) is 4.82. The molecule has 32 heavy (non-hydrogen) atoms. The second-order valence-electron chi connectivity index (χ2n) is 7.50. The largest absolute Gasteiger partial charge is 0.485 e. The molecule has 0 radical (unpaired) electrons. The van der Waals surface area contributed by atoms with Crippen LogP contribution >= 0.6 is 0 Å². The quantitative estimate of drug-likeness (QED) is 0.465. The molecule has 0 spiro atoms. The number of nitrogens with zero attached hydrogens (tertiary/aromatic N) is 1. The Balaban J connectivity index is 1.57. The Morgan fingerprint density at radius 1 is 1.00 bits per heavy atom. The van der Waals surface area contributed by atoms with Gasteiger partial charge in [-0.05, 0) is 55.3 Å². The maximum atomic E-state index is 12.8. The lowest BCUT2D eigenvalue weighted by molar-refractivity contribution is -0.142. The predicted molar refractivity (Wildman–Crippen MR) is 119 cm³/mol. The van der Waals surface area contributed by atoms with Crippen LogP contribution in [0, 0.1) is 13.8 Å². The third kappa shape index (κ3) is 6.14. The fourth-order valence-electron chi connectivity index (χ4n) is 3.15. The number of rotatable bonds is 9. The fraction of sp³-hybridized carbons (Fsp3) is 0.280. The van der Waals surface area contributed by atoms with Crippen molar-refractivity contribution < 1.29 is 28.2 Å². The second kappa shape index (κ2) is 10.5. The SMILES string of the molecule is COC(=O)COc1cccc(CN(C)C(=O)c2ccc(COc3ccc(C)cc3C)o2)c1. The van der Waals surface area contributed by atoms with Gasteiger partial charge in [-0.25, -0.2) is 4.79 Å². The summed E-state index contributed by atoms with van der Waals surface area (Å²) in [5.74, 6) is 1.41. The average molecular weight is 437 g/mol. The van der Waals surface area contributed by atoms with Crippen molar-refractivity contribution in [1.82, 2.24) is 4.90 Å². The number of aryl methyl sites for hydroxylation is 2. The lowest BCUT2D eigenvalue weighted by atomic mass is 10.1. The lowest BCUT2D eigenvalue weighted by Gasteiger charge is -2.16. The Kier molecular flexibility index (Phi) is 7.54. The van der Waals surface area contributed by atoms with Gasteiger partial charge in [0.1, 0.15) is 23.9 Å². The van der Waals surface area contributed by atoms with Crippen molar-refractivity contribution in [3.63, 3.8) is 0 Å². The molecule has 3 aromatic rings. The molecule has 0 aliphatic heterocycles. The molecule has 7 nitrogen and oxygen atoms in total. The van der Waals surface area contributed by atoms with Gasteiger partial charge in [0.25, 0.3) is 5.91 Å². The van der Waals surface area contributed by atoms with Crippen LogP contribution in [0.4, 0.5) is 0 Å². The van der Waals surface area contributed by atoms with Crippen LogP contribution in [0.15, 0.2) is 59.0 Å². The van der Waals surface area contributed by atoms with Gasteiger partial charge in [-0.2, -0.15) is 0 Å². The number of benzene rings is 2. The minimum absolute atomic E-state index is 0.173. The molecule has 0 saturated carbocycles. The molecule has 0 unspecified atom stereocenters. The summed E-state index contributed by atoms with van der Waals surface area (Å²) >= 11 is 0.